The minimum Gasteiger partial charge on any atom is -0.481 e. The fourth-order valence-corrected chi connectivity index (χ4v) is 5.18. The summed E-state index contributed by atoms with van der Waals surface area (Å²) >= 11 is 0. The molecule has 242 valence electrons. The highest BCUT2D eigenvalue weighted by atomic mass is 16.5. The number of hydrogen-bond donors (Lipinski definition) is 4. The summed E-state index contributed by atoms with van der Waals surface area (Å²) in [5.74, 6) is -17.7. The van der Waals surface area contributed by atoms with Crippen LogP contribution in [0, 0.1) is 35.5 Å². The maximum absolute atomic E-state index is 13.0. The predicted molar refractivity (Wildman–Crippen MR) is 142 cm³/mol. The Balaban J connectivity index is 6.74. The van der Waals surface area contributed by atoms with Crippen molar-refractivity contribution in [2.24, 2.45) is 35.5 Å². The lowest BCUT2D eigenvalue weighted by atomic mass is 9.74. The van der Waals surface area contributed by atoms with Crippen LogP contribution in [-0.4, -0.2) is 109 Å². The van der Waals surface area contributed by atoms with Gasteiger partial charge in [0.05, 0.1) is 67.0 Å². The van der Waals surface area contributed by atoms with E-state index in [0.29, 0.717) is 0 Å². The van der Waals surface area contributed by atoms with E-state index in [1.165, 1.54) is 27.9 Å². The van der Waals surface area contributed by atoms with Gasteiger partial charge < -0.3 is 44.1 Å². The minimum atomic E-state index is -1.91. The van der Waals surface area contributed by atoms with Crippen molar-refractivity contribution < 1.29 is 72.9 Å². The lowest BCUT2D eigenvalue weighted by Gasteiger charge is -2.35. The Morgan fingerprint density at radius 2 is 0.929 bits per heavy atom. The Bertz CT molecular complexity index is 915. The van der Waals surface area contributed by atoms with Crippen molar-refractivity contribution in [3.8, 4) is 0 Å². The van der Waals surface area contributed by atoms with Crippen LogP contribution in [0.4, 0.5) is 0 Å². The second-order valence-electron chi connectivity index (χ2n) is 9.64. The molecular weight excluding hydrogens is 564 g/mol. The Kier molecular flexibility index (Phi) is 17.5. The van der Waals surface area contributed by atoms with Gasteiger partial charge in [-0.25, -0.2) is 0 Å². The largest absolute Gasteiger partial charge is 0.481 e. The molecule has 15 nitrogen and oxygen atoms in total. The summed E-state index contributed by atoms with van der Waals surface area (Å²) in [6, 6.07) is 0. The summed E-state index contributed by atoms with van der Waals surface area (Å²) in [4.78, 5) is 74.7. The number of rotatable bonds is 22. The van der Waals surface area contributed by atoms with Gasteiger partial charge in [0.1, 0.15) is 0 Å². The zero-order valence-electron chi connectivity index (χ0n) is 25.0. The molecule has 9 atom stereocenters. The number of hydrogen-bond acceptors (Lipinski definition) is 11. The summed E-state index contributed by atoms with van der Waals surface area (Å²) in [6.07, 6.45) is -5.10. The Labute approximate surface area is 244 Å². The van der Waals surface area contributed by atoms with Crippen molar-refractivity contribution >= 4 is 35.8 Å². The number of ether oxygens (including phenoxy) is 5. The SMILES string of the molecule is CCOC(=O)C(C)C(C(=O)O)C(CC(C(=O)O)C(C(=O)O)C(CC(C(=O)OCC)C(C(=O)O)C(CC)OC)OC)OC. The molecule has 0 spiro atoms. The van der Waals surface area contributed by atoms with Gasteiger partial charge in [0.25, 0.3) is 0 Å². The monoisotopic (exact) mass is 608 g/mol. The zero-order chi connectivity index (χ0) is 32.7. The average Bonchev–Trinajstić information content (AvgIpc) is 2.91. The van der Waals surface area contributed by atoms with Gasteiger partial charge in [-0.15, -0.1) is 0 Å². The third kappa shape index (κ3) is 10.5. The molecule has 0 aromatic carbocycles. The van der Waals surface area contributed by atoms with E-state index in [0.717, 1.165) is 14.2 Å². The van der Waals surface area contributed by atoms with Crippen molar-refractivity contribution in [3.05, 3.63) is 0 Å². The third-order valence-electron chi connectivity index (χ3n) is 7.31. The molecule has 0 aliphatic heterocycles. The molecule has 0 fully saturated rings. The molecule has 0 aliphatic rings. The highest BCUT2D eigenvalue weighted by molar-refractivity contribution is 5.84. The van der Waals surface area contributed by atoms with Gasteiger partial charge in [0, 0.05) is 21.3 Å². The van der Waals surface area contributed by atoms with Gasteiger partial charge in [0.2, 0.25) is 0 Å². The average molecular weight is 609 g/mol. The van der Waals surface area contributed by atoms with E-state index in [1.807, 2.05) is 0 Å². The topological polar surface area (TPSA) is 229 Å². The van der Waals surface area contributed by atoms with Crippen LogP contribution in [0.5, 0.6) is 0 Å². The van der Waals surface area contributed by atoms with Crippen molar-refractivity contribution in [2.45, 2.75) is 65.3 Å². The van der Waals surface area contributed by atoms with E-state index in [4.69, 9.17) is 23.7 Å². The molecule has 0 aromatic rings. The van der Waals surface area contributed by atoms with Crippen LogP contribution in [0.25, 0.3) is 0 Å². The summed E-state index contributed by atoms with van der Waals surface area (Å²) in [7, 11) is 3.41. The molecule has 0 saturated heterocycles. The number of carboxylic acids is 4. The maximum Gasteiger partial charge on any atom is 0.310 e. The zero-order valence-corrected chi connectivity index (χ0v) is 25.0. The van der Waals surface area contributed by atoms with Crippen LogP contribution in [0.15, 0.2) is 0 Å². The molecule has 0 amide bonds. The van der Waals surface area contributed by atoms with Crippen LogP contribution in [0.1, 0.15) is 47.0 Å². The highest BCUT2D eigenvalue weighted by Gasteiger charge is 2.49. The van der Waals surface area contributed by atoms with Crippen molar-refractivity contribution in [1.82, 2.24) is 0 Å². The van der Waals surface area contributed by atoms with E-state index in [1.54, 1.807) is 6.92 Å². The molecule has 0 rings (SSSR count). The maximum atomic E-state index is 13.0. The molecule has 15 heteroatoms. The smallest absolute Gasteiger partial charge is 0.310 e. The van der Waals surface area contributed by atoms with Gasteiger partial charge in [0.15, 0.2) is 0 Å². The van der Waals surface area contributed by atoms with E-state index in [-0.39, 0.29) is 19.6 Å². The molecule has 42 heavy (non-hydrogen) atoms. The van der Waals surface area contributed by atoms with E-state index < -0.39 is 102 Å². The number of carbonyl (C=O) groups is 6. The lowest BCUT2D eigenvalue weighted by molar-refractivity contribution is -0.171. The summed E-state index contributed by atoms with van der Waals surface area (Å²) in [5.41, 5.74) is 0. The summed E-state index contributed by atoms with van der Waals surface area (Å²) in [5, 5.41) is 40.1. The first-order chi connectivity index (χ1) is 19.7. The third-order valence-corrected chi connectivity index (χ3v) is 7.31. The lowest BCUT2D eigenvalue weighted by Crippen LogP contribution is -2.47. The fourth-order valence-electron chi connectivity index (χ4n) is 5.18. The molecular formula is C27H44O15. The number of aliphatic carboxylic acids is 4. The van der Waals surface area contributed by atoms with Crippen LogP contribution >= 0.6 is 0 Å². The number of carbonyl (C=O) groups excluding carboxylic acids is 2. The molecule has 0 aliphatic carbocycles. The minimum absolute atomic E-state index is 0.0392. The number of esters is 2. The van der Waals surface area contributed by atoms with E-state index in [2.05, 4.69) is 0 Å². The summed E-state index contributed by atoms with van der Waals surface area (Å²) < 4.78 is 25.9. The van der Waals surface area contributed by atoms with Gasteiger partial charge in [-0.3, -0.25) is 28.8 Å². The quantitative estimate of drug-likeness (QED) is 0.127. The summed E-state index contributed by atoms with van der Waals surface area (Å²) in [6.45, 7) is 5.75. The molecule has 0 radical (unpaired) electrons. The predicted octanol–water partition coefficient (Wildman–Crippen LogP) is 1.40. The molecule has 0 saturated carbocycles. The molecule has 0 aromatic heterocycles. The Morgan fingerprint density at radius 3 is 1.29 bits per heavy atom. The second kappa shape index (κ2) is 19.0. The first kappa shape index (κ1) is 38.7. The molecule has 9 unspecified atom stereocenters. The molecule has 0 bridgehead atoms. The van der Waals surface area contributed by atoms with Crippen LogP contribution in [-0.2, 0) is 52.5 Å². The number of carboxylic acid groups (broad SMARTS) is 4. The van der Waals surface area contributed by atoms with Gasteiger partial charge in [-0.2, -0.15) is 0 Å². The first-order valence-corrected chi connectivity index (χ1v) is 13.5. The second-order valence-corrected chi connectivity index (χ2v) is 9.64. The highest BCUT2D eigenvalue weighted by Crippen LogP contribution is 2.35. The normalized spacial score (nSPS) is 17.8. The standard InChI is InChI=1S/C27H44O15/c1-8-16(38-5)21(25(34)35)15(27(37)42-10-3)12-18(40-7)20(24(32)33)14(22(28)29)11-17(39-6)19(23(30)31)13(4)26(36)41-9-2/h13-21H,8-12H2,1-7H3,(H,28,29)(H,30,31)(H,32,33)(H,34,35). The Hall–Kier alpha value is -3.30. The fraction of sp³-hybridized carbons (Fsp3) is 0.778. The first-order valence-electron chi connectivity index (χ1n) is 13.5. The number of methoxy groups -OCH3 is 3. The van der Waals surface area contributed by atoms with Crippen molar-refractivity contribution in [2.75, 3.05) is 34.5 Å². The Morgan fingerprint density at radius 1 is 0.548 bits per heavy atom. The van der Waals surface area contributed by atoms with Crippen molar-refractivity contribution in [1.29, 1.82) is 0 Å². The van der Waals surface area contributed by atoms with E-state index in [9.17, 15) is 49.2 Å². The molecule has 0 heterocycles. The van der Waals surface area contributed by atoms with Gasteiger partial charge in [-0.1, -0.05) is 13.8 Å². The van der Waals surface area contributed by atoms with E-state index >= 15 is 0 Å². The van der Waals surface area contributed by atoms with Crippen molar-refractivity contribution in [3.63, 3.8) is 0 Å². The van der Waals surface area contributed by atoms with Crippen LogP contribution in [0.3, 0.4) is 0 Å². The molecule has 4 N–H and O–H groups in total. The van der Waals surface area contributed by atoms with Gasteiger partial charge in [-0.05, 0) is 33.1 Å². The van der Waals surface area contributed by atoms with Crippen LogP contribution in [0.2, 0.25) is 0 Å². The van der Waals surface area contributed by atoms with Crippen LogP contribution < -0.4 is 0 Å². The van der Waals surface area contributed by atoms with Gasteiger partial charge >= 0.3 is 35.8 Å².